The minimum Gasteiger partial charge on any atom is -0.388 e. The van der Waals surface area contributed by atoms with Crippen LogP contribution in [0.25, 0.3) is 0 Å². The maximum atomic E-state index is 12.9. The highest BCUT2D eigenvalue weighted by molar-refractivity contribution is 8.22. The molecule has 3 aromatic rings. The summed E-state index contributed by atoms with van der Waals surface area (Å²) >= 11 is 3.12. The van der Waals surface area contributed by atoms with Gasteiger partial charge in [0.1, 0.15) is 0 Å². The molecule has 0 heterocycles. The highest BCUT2D eigenvalue weighted by Gasteiger charge is 2.30. The lowest BCUT2D eigenvalue weighted by atomic mass is 10.0. The van der Waals surface area contributed by atoms with Crippen LogP contribution in [0.4, 0.5) is 13.2 Å². The van der Waals surface area contributed by atoms with Gasteiger partial charge in [-0.25, -0.2) is 0 Å². The van der Waals surface area contributed by atoms with Crippen molar-refractivity contribution in [3.63, 3.8) is 0 Å². The van der Waals surface area contributed by atoms with Crippen LogP contribution in [0.15, 0.2) is 105 Å². The molecule has 1 nitrogen and oxygen atoms in total. The van der Waals surface area contributed by atoms with Gasteiger partial charge in [-0.2, -0.15) is 13.2 Å². The Hall–Kier alpha value is -2.15. The standard InChI is InChI=1S/C23H19F3OS2/c24-23(25,26)18-9-7-8-17(16-18)21(27)14-15-22(28-19-10-3-1-4-11-19)29-20-12-5-2-6-13-20/h1-13,15-16,21,27H,14H2/t21-/m1/s1. The van der Waals surface area contributed by atoms with Crippen molar-refractivity contribution in [2.24, 2.45) is 0 Å². The van der Waals surface area contributed by atoms with Crippen molar-refractivity contribution in [2.75, 3.05) is 0 Å². The molecule has 0 unspecified atom stereocenters. The van der Waals surface area contributed by atoms with E-state index in [-0.39, 0.29) is 12.0 Å². The van der Waals surface area contributed by atoms with Crippen LogP contribution in [0.2, 0.25) is 0 Å². The van der Waals surface area contributed by atoms with Crippen molar-refractivity contribution >= 4 is 23.5 Å². The third-order valence-corrected chi connectivity index (χ3v) is 6.28. The number of alkyl halides is 3. The van der Waals surface area contributed by atoms with Gasteiger partial charge in [-0.05, 0) is 48.4 Å². The van der Waals surface area contributed by atoms with Crippen LogP contribution in [-0.4, -0.2) is 5.11 Å². The molecule has 0 aliphatic heterocycles. The molecule has 0 fully saturated rings. The van der Waals surface area contributed by atoms with Gasteiger partial charge in [-0.1, -0.05) is 78.1 Å². The van der Waals surface area contributed by atoms with E-state index < -0.39 is 17.8 Å². The average molecular weight is 433 g/mol. The molecule has 6 heteroatoms. The summed E-state index contributed by atoms with van der Waals surface area (Å²) in [7, 11) is 0. The molecule has 1 N–H and O–H groups in total. The Kier molecular flexibility index (Phi) is 7.47. The Morgan fingerprint density at radius 2 is 1.38 bits per heavy atom. The Morgan fingerprint density at radius 3 is 1.90 bits per heavy atom. The maximum Gasteiger partial charge on any atom is 0.416 e. The molecule has 0 aromatic heterocycles. The quantitative estimate of drug-likeness (QED) is 0.389. The first-order valence-electron chi connectivity index (χ1n) is 8.93. The first-order chi connectivity index (χ1) is 13.9. The SMILES string of the molecule is O[C@H](CC=C(Sc1ccccc1)Sc1ccccc1)c1cccc(C(F)(F)F)c1. The monoisotopic (exact) mass is 432 g/mol. The topological polar surface area (TPSA) is 20.2 Å². The molecule has 0 aliphatic carbocycles. The number of halogens is 3. The Labute approximate surface area is 176 Å². The highest BCUT2D eigenvalue weighted by Crippen LogP contribution is 2.40. The number of thioether (sulfide) groups is 2. The summed E-state index contributed by atoms with van der Waals surface area (Å²) in [5.74, 6) is 0. The van der Waals surface area contributed by atoms with E-state index in [0.29, 0.717) is 0 Å². The Balaban J connectivity index is 1.78. The van der Waals surface area contributed by atoms with Gasteiger partial charge in [0.25, 0.3) is 0 Å². The molecule has 0 aliphatic rings. The fourth-order valence-electron chi connectivity index (χ4n) is 2.58. The first kappa shape index (κ1) is 21.6. The number of aliphatic hydroxyl groups excluding tert-OH is 1. The molecule has 0 amide bonds. The van der Waals surface area contributed by atoms with Crippen LogP contribution in [-0.2, 0) is 6.18 Å². The third kappa shape index (κ3) is 6.70. The summed E-state index contributed by atoms with van der Waals surface area (Å²) < 4.78 is 39.7. The van der Waals surface area contributed by atoms with Crippen molar-refractivity contribution < 1.29 is 18.3 Å². The van der Waals surface area contributed by atoms with Gasteiger partial charge in [0.05, 0.1) is 11.7 Å². The van der Waals surface area contributed by atoms with Gasteiger partial charge in [0.2, 0.25) is 0 Å². The van der Waals surface area contributed by atoms with Crippen LogP contribution in [0.3, 0.4) is 0 Å². The Bertz CT molecular complexity index is 898. The summed E-state index contributed by atoms with van der Waals surface area (Å²) in [6, 6.07) is 24.5. The number of rotatable bonds is 7. The lowest BCUT2D eigenvalue weighted by Gasteiger charge is -2.13. The molecule has 3 rings (SSSR count). The van der Waals surface area contributed by atoms with Crippen molar-refractivity contribution in [1.29, 1.82) is 0 Å². The van der Waals surface area contributed by atoms with Crippen LogP contribution >= 0.6 is 23.5 Å². The lowest BCUT2D eigenvalue weighted by Crippen LogP contribution is -2.06. The normalized spacial score (nSPS) is 12.4. The van der Waals surface area contributed by atoms with Crippen molar-refractivity contribution in [3.8, 4) is 0 Å². The highest BCUT2D eigenvalue weighted by atomic mass is 32.2. The zero-order valence-electron chi connectivity index (χ0n) is 15.3. The average Bonchev–Trinajstić information content (AvgIpc) is 2.73. The molecule has 150 valence electrons. The van der Waals surface area contributed by atoms with Gasteiger partial charge in [0, 0.05) is 14.0 Å². The van der Waals surface area contributed by atoms with Gasteiger partial charge in [-0.3, -0.25) is 0 Å². The predicted octanol–water partition coefficient (Wildman–Crippen LogP) is 7.55. The summed E-state index contributed by atoms with van der Waals surface area (Å²) in [5, 5.41) is 10.5. The molecule has 0 spiro atoms. The molecule has 0 radical (unpaired) electrons. The largest absolute Gasteiger partial charge is 0.416 e. The number of benzene rings is 3. The summed E-state index contributed by atoms with van der Waals surface area (Å²) in [6.07, 6.45) is -3.35. The zero-order chi connectivity index (χ0) is 20.7. The molecule has 0 bridgehead atoms. The number of hydrogen-bond donors (Lipinski definition) is 1. The van der Waals surface area contributed by atoms with Crippen LogP contribution < -0.4 is 0 Å². The van der Waals surface area contributed by atoms with Crippen molar-refractivity contribution in [2.45, 2.75) is 28.5 Å². The lowest BCUT2D eigenvalue weighted by molar-refractivity contribution is -0.137. The van der Waals surface area contributed by atoms with Gasteiger partial charge in [-0.15, -0.1) is 0 Å². The third-order valence-electron chi connectivity index (χ3n) is 4.03. The summed E-state index contributed by atoms with van der Waals surface area (Å²) in [6.45, 7) is 0. The minimum atomic E-state index is -4.43. The molecule has 3 aromatic carbocycles. The Morgan fingerprint density at radius 1 is 0.828 bits per heavy atom. The second kappa shape index (κ2) is 10.1. The van der Waals surface area contributed by atoms with E-state index in [1.54, 1.807) is 23.5 Å². The molecule has 0 saturated carbocycles. The fraction of sp³-hybridized carbons (Fsp3) is 0.130. The minimum absolute atomic E-state index is 0.219. The van der Waals surface area contributed by atoms with Crippen LogP contribution in [0.1, 0.15) is 23.7 Å². The van der Waals surface area contributed by atoms with E-state index in [9.17, 15) is 18.3 Å². The van der Waals surface area contributed by atoms with E-state index in [2.05, 4.69) is 0 Å². The molecular formula is C23H19F3OS2. The summed E-state index contributed by atoms with van der Waals surface area (Å²) in [4.78, 5) is 2.10. The smallest absolute Gasteiger partial charge is 0.388 e. The zero-order valence-corrected chi connectivity index (χ0v) is 17.0. The van der Waals surface area contributed by atoms with Gasteiger partial charge < -0.3 is 5.11 Å². The number of hydrogen-bond acceptors (Lipinski definition) is 3. The molecular weight excluding hydrogens is 413 g/mol. The first-order valence-corrected chi connectivity index (χ1v) is 10.6. The number of aliphatic hydroxyl groups is 1. The molecule has 29 heavy (non-hydrogen) atoms. The second-order valence-corrected chi connectivity index (χ2v) is 8.72. The van der Waals surface area contributed by atoms with E-state index in [4.69, 9.17) is 0 Å². The van der Waals surface area contributed by atoms with Crippen LogP contribution in [0.5, 0.6) is 0 Å². The fourth-order valence-corrected chi connectivity index (χ4v) is 4.73. The molecule has 0 saturated heterocycles. The van der Waals surface area contributed by atoms with Gasteiger partial charge in [0.15, 0.2) is 0 Å². The van der Waals surface area contributed by atoms with Gasteiger partial charge >= 0.3 is 6.18 Å². The molecule has 1 atom stereocenters. The van der Waals surface area contributed by atoms with E-state index in [1.165, 1.54) is 12.1 Å². The van der Waals surface area contributed by atoms with Crippen molar-refractivity contribution in [1.82, 2.24) is 0 Å². The van der Waals surface area contributed by atoms with E-state index in [0.717, 1.165) is 26.2 Å². The maximum absolute atomic E-state index is 12.9. The summed E-state index contributed by atoms with van der Waals surface area (Å²) in [5.41, 5.74) is -0.500. The van der Waals surface area contributed by atoms with E-state index >= 15 is 0 Å². The van der Waals surface area contributed by atoms with E-state index in [1.807, 2.05) is 66.7 Å². The van der Waals surface area contributed by atoms with Crippen molar-refractivity contribution in [3.05, 3.63) is 106 Å². The predicted molar refractivity (Wildman–Crippen MR) is 114 cm³/mol. The second-order valence-electron chi connectivity index (χ2n) is 6.23. The van der Waals surface area contributed by atoms with Crippen LogP contribution in [0, 0.1) is 0 Å².